The quantitative estimate of drug-likeness (QED) is 0.557. The number of aromatic nitrogens is 1. The summed E-state index contributed by atoms with van der Waals surface area (Å²) in [5, 5.41) is 9.73. The molecule has 2 N–H and O–H groups in total. The largest absolute Gasteiger partial charge is 0.478 e. The minimum atomic E-state index is -3.85. The number of halogens is 1. The first-order chi connectivity index (χ1) is 14.8. The summed E-state index contributed by atoms with van der Waals surface area (Å²) >= 11 is 6.76. The van der Waals surface area contributed by atoms with Crippen molar-refractivity contribution in [3.63, 3.8) is 0 Å². The van der Waals surface area contributed by atoms with Crippen molar-refractivity contribution in [1.82, 2.24) is 4.98 Å². The van der Waals surface area contributed by atoms with Crippen LogP contribution in [-0.2, 0) is 10.0 Å². The van der Waals surface area contributed by atoms with Crippen LogP contribution in [0, 0.1) is 0 Å². The smallest absolute Gasteiger partial charge is 0.337 e. The number of nitrogens with zero attached hydrogens (tertiary/aromatic N) is 3. The summed E-state index contributed by atoms with van der Waals surface area (Å²) in [6.45, 7) is 2.64. The zero-order valence-electron chi connectivity index (χ0n) is 16.2. The summed E-state index contributed by atoms with van der Waals surface area (Å²) in [4.78, 5) is 20.4. The van der Waals surface area contributed by atoms with Gasteiger partial charge in [-0.1, -0.05) is 17.7 Å². The number of hydrogen-bond donors (Lipinski definition) is 2. The van der Waals surface area contributed by atoms with Gasteiger partial charge in [0.1, 0.15) is 10.0 Å². The number of carboxylic acid groups (broad SMARTS) is 1. The molecule has 0 radical (unpaired) electrons. The van der Waals surface area contributed by atoms with E-state index in [1.807, 2.05) is 23.1 Å². The number of hydrogen-bond acceptors (Lipinski definition) is 7. The number of carbonyl (C=O) groups is 1. The standard InChI is InChI=1S/C20H19ClN4O4S2/c21-17-6-7-19(30-17)31(28,29)23-14-4-5-16(15(13-14)20(26)27)24-9-11-25(12-10-24)18-3-1-2-8-22-18/h1-8,13,23H,9-12H2,(H,26,27). The van der Waals surface area contributed by atoms with E-state index in [0.29, 0.717) is 36.2 Å². The van der Waals surface area contributed by atoms with Crippen LogP contribution in [0.5, 0.6) is 0 Å². The normalized spacial score (nSPS) is 14.5. The molecule has 1 aromatic carbocycles. The number of aromatic carboxylic acids is 1. The highest BCUT2D eigenvalue weighted by molar-refractivity contribution is 7.94. The first kappa shape index (κ1) is 21.4. The zero-order chi connectivity index (χ0) is 22.0. The minimum Gasteiger partial charge on any atom is -0.478 e. The molecule has 162 valence electrons. The molecule has 0 bridgehead atoms. The maximum Gasteiger partial charge on any atom is 0.337 e. The SMILES string of the molecule is O=C(O)c1cc(NS(=O)(=O)c2ccc(Cl)s2)ccc1N1CCN(c2ccccn2)CC1. The topological polar surface area (TPSA) is 103 Å². The average molecular weight is 479 g/mol. The minimum absolute atomic E-state index is 0.0377. The van der Waals surface area contributed by atoms with Crippen molar-refractivity contribution in [2.45, 2.75) is 4.21 Å². The molecule has 31 heavy (non-hydrogen) atoms. The van der Waals surface area contributed by atoms with E-state index < -0.39 is 16.0 Å². The Morgan fingerprint density at radius 3 is 2.42 bits per heavy atom. The van der Waals surface area contributed by atoms with Gasteiger partial charge in [-0.3, -0.25) is 4.72 Å². The fourth-order valence-electron chi connectivity index (χ4n) is 3.41. The monoisotopic (exact) mass is 478 g/mol. The van der Waals surface area contributed by atoms with Gasteiger partial charge in [-0.25, -0.2) is 18.2 Å². The third kappa shape index (κ3) is 4.76. The predicted molar refractivity (Wildman–Crippen MR) is 122 cm³/mol. The maximum atomic E-state index is 12.5. The summed E-state index contributed by atoms with van der Waals surface area (Å²) in [6.07, 6.45) is 1.74. The van der Waals surface area contributed by atoms with Crippen LogP contribution in [0.1, 0.15) is 10.4 Å². The third-order valence-corrected chi connectivity index (χ3v) is 7.99. The number of thiophene rings is 1. The lowest BCUT2D eigenvalue weighted by Crippen LogP contribution is -2.47. The van der Waals surface area contributed by atoms with Gasteiger partial charge >= 0.3 is 5.97 Å². The molecule has 3 aromatic rings. The molecule has 11 heteroatoms. The second-order valence-corrected chi connectivity index (χ2v) is 10.5. The molecule has 0 unspecified atom stereocenters. The lowest BCUT2D eigenvalue weighted by Gasteiger charge is -2.37. The Balaban J connectivity index is 1.52. The van der Waals surface area contributed by atoms with Crippen LogP contribution in [0.2, 0.25) is 4.34 Å². The number of sulfonamides is 1. The Kier molecular flexibility index (Phi) is 6.03. The molecule has 1 saturated heterocycles. The van der Waals surface area contributed by atoms with E-state index in [1.165, 1.54) is 18.2 Å². The highest BCUT2D eigenvalue weighted by atomic mass is 35.5. The van der Waals surface area contributed by atoms with Crippen molar-refractivity contribution >= 4 is 56.1 Å². The lowest BCUT2D eigenvalue weighted by molar-refractivity contribution is 0.0697. The van der Waals surface area contributed by atoms with Gasteiger partial charge in [0.15, 0.2) is 0 Å². The molecule has 0 spiro atoms. The first-order valence-corrected chi connectivity index (χ1v) is 12.1. The number of rotatable bonds is 6. The Bertz CT molecular complexity index is 1190. The summed E-state index contributed by atoms with van der Waals surface area (Å²) in [7, 11) is -3.85. The molecule has 3 heterocycles. The number of nitrogens with one attached hydrogen (secondary N) is 1. The van der Waals surface area contributed by atoms with Crippen molar-refractivity contribution in [2.24, 2.45) is 0 Å². The van der Waals surface area contributed by atoms with Crippen LogP contribution in [0.15, 0.2) is 58.9 Å². The van der Waals surface area contributed by atoms with E-state index in [0.717, 1.165) is 17.2 Å². The van der Waals surface area contributed by atoms with Gasteiger partial charge < -0.3 is 14.9 Å². The second kappa shape index (κ2) is 8.74. The number of piperazine rings is 1. The Hall–Kier alpha value is -2.82. The van der Waals surface area contributed by atoms with Crippen LogP contribution in [-0.4, -0.2) is 50.7 Å². The molecule has 0 amide bonds. The Morgan fingerprint density at radius 1 is 1.06 bits per heavy atom. The van der Waals surface area contributed by atoms with E-state index in [-0.39, 0.29) is 15.5 Å². The van der Waals surface area contributed by atoms with Crippen molar-refractivity contribution in [3.8, 4) is 0 Å². The zero-order valence-corrected chi connectivity index (χ0v) is 18.6. The molecule has 1 aliphatic rings. The summed E-state index contributed by atoms with van der Waals surface area (Å²) in [6, 6.07) is 13.2. The Labute approximate surface area is 188 Å². The van der Waals surface area contributed by atoms with Crippen LogP contribution >= 0.6 is 22.9 Å². The molecule has 1 aliphatic heterocycles. The summed E-state index contributed by atoms with van der Waals surface area (Å²) in [5.41, 5.74) is 0.767. The van der Waals surface area contributed by atoms with Crippen LogP contribution in [0.25, 0.3) is 0 Å². The molecule has 2 aromatic heterocycles. The molecule has 8 nitrogen and oxygen atoms in total. The lowest BCUT2D eigenvalue weighted by atomic mass is 10.1. The Morgan fingerprint density at radius 2 is 1.81 bits per heavy atom. The van der Waals surface area contributed by atoms with Gasteiger partial charge in [0.2, 0.25) is 0 Å². The predicted octanol–water partition coefficient (Wildman–Crippen LogP) is 3.62. The van der Waals surface area contributed by atoms with E-state index in [1.54, 1.807) is 18.3 Å². The van der Waals surface area contributed by atoms with Gasteiger partial charge in [-0.15, -0.1) is 11.3 Å². The van der Waals surface area contributed by atoms with Crippen molar-refractivity contribution in [1.29, 1.82) is 0 Å². The highest BCUT2D eigenvalue weighted by Gasteiger charge is 2.24. The van der Waals surface area contributed by atoms with Crippen molar-refractivity contribution in [3.05, 3.63) is 64.6 Å². The van der Waals surface area contributed by atoms with E-state index >= 15 is 0 Å². The molecule has 1 fully saturated rings. The van der Waals surface area contributed by atoms with Gasteiger partial charge in [0.05, 0.1) is 15.6 Å². The molecular formula is C20H19ClN4O4S2. The van der Waals surface area contributed by atoms with Crippen molar-refractivity contribution in [2.75, 3.05) is 40.7 Å². The number of pyridine rings is 1. The van der Waals surface area contributed by atoms with Crippen molar-refractivity contribution < 1.29 is 18.3 Å². The fraction of sp³-hybridized carbons (Fsp3) is 0.200. The average Bonchev–Trinajstić information content (AvgIpc) is 3.22. The van der Waals surface area contributed by atoms with E-state index in [2.05, 4.69) is 14.6 Å². The highest BCUT2D eigenvalue weighted by Crippen LogP contribution is 2.30. The molecule has 0 atom stereocenters. The third-order valence-electron chi connectivity index (χ3n) is 4.89. The number of anilines is 3. The number of carboxylic acids is 1. The number of benzene rings is 1. The summed E-state index contributed by atoms with van der Waals surface area (Å²) < 4.78 is 27.9. The van der Waals surface area contributed by atoms with Crippen LogP contribution < -0.4 is 14.5 Å². The second-order valence-electron chi connectivity index (χ2n) is 6.86. The van der Waals surface area contributed by atoms with Crippen LogP contribution in [0.4, 0.5) is 17.2 Å². The van der Waals surface area contributed by atoms with Gasteiger partial charge in [0.25, 0.3) is 10.0 Å². The first-order valence-electron chi connectivity index (χ1n) is 9.40. The molecular weight excluding hydrogens is 460 g/mol. The summed E-state index contributed by atoms with van der Waals surface area (Å²) in [5.74, 6) is -0.235. The molecule has 0 aliphatic carbocycles. The maximum absolute atomic E-state index is 12.5. The van der Waals surface area contributed by atoms with Crippen LogP contribution in [0.3, 0.4) is 0 Å². The van der Waals surface area contributed by atoms with E-state index in [9.17, 15) is 18.3 Å². The van der Waals surface area contributed by atoms with Gasteiger partial charge in [-0.2, -0.15) is 0 Å². The fourth-order valence-corrected chi connectivity index (χ4v) is 5.94. The molecule has 0 saturated carbocycles. The molecule has 4 rings (SSSR count). The van der Waals surface area contributed by atoms with E-state index in [4.69, 9.17) is 11.6 Å². The van der Waals surface area contributed by atoms with Gasteiger partial charge in [-0.05, 0) is 42.5 Å². The van der Waals surface area contributed by atoms with Gasteiger partial charge in [0, 0.05) is 38.1 Å².